The van der Waals surface area contributed by atoms with Gasteiger partial charge in [-0.3, -0.25) is 0 Å². The first kappa shape index (κ1) is 16.7. The Bertz CT molecular complexity index is 509. The van der Waals surface area contributed by atoms with Gasteiger partial charge >= 0.3 is 5.97 Å². The predicted octanol–water partition coefficient (Wildman–Crippen LogP) is 3.42. The lowest BCUT2D eigenvalue weighted by molar-refractivity contribution is -0.291. The Hall–Kier alpha value is -1.65. The number of benzene rings is 1. The van der Waals surface area contributed by atoms with Crippen LogP contribution in [0, 0.1) is 5.41 Å². The summed E-state index contributed by atoms with van der Waals surface area (Å²) in [7, 11) is 0. The largest absolute Gasteiger partial charge is 0.462 e. The molecule has 1 aliphatic heterocycles. The SMILES string of the molecule is CCC1(COC(=O)/C=C/c2ccccc2)COC(C)(C)OC1. The van der Waals surface area contributed by atoms with Gasteiger partial charge in [0.2, 0.25) is 0 Å². The topological polar surface area (TPSA) is 44.8 Å². The molecule has 0 radical (unpaired) electrons. The third-order valence-corrected chi connectivity index (χ3v) is 3.93. The smallest absolute Gasteiger partial charge is 0.330 e. The van der Waals surface area contributed by atoms with Crippen molar-refractivity contribution in [2.24, 2.45) is 5.41 Å². The van der Waals surface area contributed by atoms with E-state index in [1.807, 2.05) is 44.2 Å². The van der Waals surface area contributed by atoms with E-state index in [9.17, 15) is 4.79 Å². The molecule has 4 nitrogen and oxygen atoms in total. The average molecular weight is 304 g/mol. The van der Waals surface area contributed by atoms with Gasteiger partial charge in [-0.05, 0) is 31.9 Å². The molecule has 1 aromatic carbocycles. The zero-order valence-electron chi connectivity index (χ0n) is 13.5. The Balaban J connectivity index is 1.86. The van der Waals surface area contributed by atoms with E-state index in [1.165, 1.54) is 6.08 Å². The van der Waals surface area contributed by atoms with Crippen molar-refractivity contribution in [1.82, 2.24) is 0 Å². The van der Waals surface area contributed by atoms with E-state index in [4.69, 9.17) is 14.2 Å². The van der Waals surface area contributed by atoms with Crippen LogP contribution >= 0.6 is 0 Å². The molecule has 1 saturated heterocycles. The number of hydrogen-bond donors (Lipinski definition) is 0. The van der Waals surface area contributed by atoms with Crippen LogP contribution in [0.5, 0.6) is 0 Å². The lowest BCUT2D eigenvalue weighted by Gasteiger charge is -2.42. The summed E-state index contributed by atoms with van der Waals surface area (Å²) in [5.74, 6) is -0.905. The van der Waals surface area contributed by atoms with Gasteiger partial charge in [-0.2, -0.15) is 0 Å². The van der Waals surface area contributed by atoms with Crippen molar-refractivity contribution < 1.29 is 19.0 Å². The molecule has 1 heterocycles. The molecule has 0 bridgehead atoms. The molecule has 22 heavy (non-hydrogen) atoms. The Kier molecular flexibility index (Phi) is 5.37. The summed E-state index contributed by atoms with van der Waals surface area (Å²) >= 11 is 0. The standard InChI is InChI=1S/C18H24O4/c1-4-18(13-21-17(2,3)22-14-18)12-20-16(19)11-10-15-8-6-5-7-9-15/h5-11H,4,12-14H2,1-3H3/b11-10+. The maximum Gasteiger partial charge on any atom is 0.330 e. The van der Waals surface area contributed by atoms with Crippen molar-refractivity contribution in [3.05, 3.63) is 42.0 Å². The summed E-state index contributed by atoms with van der Waals surface area (Å²) in [6.07, 6.45) is 4.03. The molecule has 4 heteroatoms. The lowest BCUT2D eigenvalue weighted by atomic mass is 9.87. The summed E-state index contributed by atoms with van der Waals surface area (Å²) in [5.41, 5.74) is 0.710. The summed E-state index contributed by atoms with van der Waals surface area (Å²) in [4.78, 5) is 11.9. The second-order valence-electron chi connectivity index (χ2n) is 6.18. The van der Waals surface area contributed by atoms with Crippen LogP contribution in [0.4, 0.5) is 0 Å². The summed E-state index contributed by atoms with van der Waals surface area (Å²) in [6, 6.07) is 9.65. The fourth-order valence-electron chi connectivity index (χ4n) is 2.13. The van der Waals surface area contributed by atoms with Gasteiger partial charge in [0.25, 0.3) is 0 Å². The van der Waals surface area contributed by atoms with E-state index in [0.29, 0.717) is 19.8 Å². The van der Waals surface area contributed by atoms with E-state index in [2.05, 4.69) is 6.92 Å². The molecule has 0 aromatic heterocycles. The van der Waals surface area contributed by atoms with Crippen molar-refractivity contribution in [2.75, 3.05) is 19.8 Å². The van der Waals surface area contributed by atoms with E-state index >= 15 is 0 Å². The molecule has 0 unspecified atom stereocenters. The van der Waals surface area contributed by atoms with E-state index < -0.39 is 5.79 Å². The van der Waals surface area contributed by atoms with Crippen LogP contribution in [-0.2, 0) is 19.0 Å². The third kappa shape index (κ3) is 4.68. The number of carbonyl (C=O) groups is 1. The van der Waals surface area contributed by atoms with Crippen LogP contribution in [0.1, 0.15) is 32.8 Å². The van der Waals surface area contributed by atoms with Crippen molar-refractivity contribution in [3.8, 4) is 0 Å². The lowest BCUT2D eigenvalue weighted by Crippen LogP contribution is -2.48. The van der Waals surface area contributed by atoms with Crippen molar-refractivity contribution >= 4 is 12.0 Å². The second-order valence-corrected chi connectivity index (χ2v) is 6.18. The highest BCUT2D eigenvalue weighted by atomic mass is 16.7. The molecule has 0 saturated carbocycles. The van der Waals surface area contributed by atoms with Crippen LogP contribution < -0.4 is 0 Å². The van der Waals surface area contributed by atoms with E-state index in [0.717, 1.165) is 12.0 Å². The van der Waals surface area contributed by atoms with Gasteiger partial charge in [-0.15, -0.1) is 0 Å². The van der Waals surface area contributed by atoms with Crippen LogP contribution in [0.3, 0.4) is 0 Å². The molecule has 0 spiro atoms. The van der Waals surface area contributed by atoms with Gasteiger partial charge in [0, 0.05) is 6.08 Å². The van der Waals surface area contributed by atoms with Gasteiger partial charge in [0.1, 0.15) is 6.61 Å². The normalized spacial score (nSPS) is 20.0. The third-order valence-electron chi connectivity index (χ3n) is 3.93. The minimum absolute atomic E-state index is 0.258. The Labute approximate surface area is 132 Å². The Morgan fingerprint density at radius 3 is 2.45 bits per heavy atom. The zero-order valence-corrected chi connectivity index (χ0v) is 13.5. The highest BCUT2D eigenvalue weighted by Crippen LogP contribution is 2.32. The Morgan fingerprint density at radius 1 is 1.23 bits per heavy atom. The van der Waals surface area contributed by atoms with Crippen LogP contribution in [0.25, 0.3) is 6.08 Å². The minimum Gasteiger partial charge on any atom is -0.462 e. The van der Waals surface area contributed by atoms with Gasteiger partial charge in [-0.25, -0.2) is 4.79 Å². The van der Waals surface area contributed by atoms with Gasteiger partial charge in [0.15, 0.2) is 5.79 Å². The summed E-state index contributed by atoms with van der Waals surface area (Å²) < 4.78 is 16.8. The predicted molar refractivity (Wildman–Crippen MR) is 85.1 cm³/mol. The number of carbonyl (C=O) groups excluding carboxylic acids is 1. The monoisotopic (exact) mass is 304 g/mol. The van der Waals surface area contributed by atoms with E-state index in [-0.39, 0.29) is 11.4 Å². The highest BCUT2D eigenvalue weighted by Gasteiger charge is 2.39. The number of rotatable bonds is 5. The summed E-state index contributed by atoms with van der Waals surface area (Å²) in [5, 5.41) is 0. The fourth-order valence-corrected chi connectivity index (χ4v) is 2.13. The first-order valence-corrected chi connectivity index (χ1v) is 7.63. The fraction of sp³-hybridized carbons (Fsp3) is 0.500. The number of ether oxygens (including phenoxy) is 3. The van der Waals surface area contributed by atoms with Crippen LogP contribution in [0.2, 0.25) is 0 Å². The molecule has 0 aliphatic carbocycles. The molecule has 1 aromatic rings. The van der Waals surface area contributed by atoms with Crippen molar-refractivity contribution in [3.63, 3.8) is 0 Å². The minimum atomic E-state index is -0.560. The molecule has 1 aliphatic rings. The van der Waals surface area contributed by atoms with Gasteiger partial charge in [0.05, 0.1) is 18.6 Å². The second kappa shape index (κ2) is 7.07. The van der Waals surface area contributed by atoms with Gasteiger partial charge < -0.3 is 14.2 Å². The average Bonchev–Trinajstić information content (AvgIpc) is 2.53. The highest BCUT2D eigenvalue weighted by molar-refractivity contribution is 5.87. The molecular formula is C18H24O4. The molecule has 2 rings (SSSR count). The summed E-state index contributed by atoms with van der Waals surface area (Å²) in [6.45, 7) is 7.21. The van der Waals surface area contributed by atoms with Crippen LogP contribution in [-0.4, -0.2) is 31.6 Å². The molecular weight excluding hydrogens is 280 g/mol. The number of esters is 1. The van der Waals surface area contributed by atoms with Gasteiger partial charge in [-0.1, -0.05) is 37.3 Å². The molecule has 0 N–H and O–H groups in total. The van der Waals surface area contributed by atoms with Crippen LogP contribution in [0.15, 0.2) is 36.4 Å². The number of hydrogen-bond acceptors (Lipinski definition) is 4. The zero-order chi connectivity index (χ0) is 16.1. The molecule has 120 valence electrons. The van der Waals surface area contributed by atoms with Crippen molar-refractivity contribution in [1.29, 1.82) is 0 Å². The van der Waals surface area contributed by atoms with E-state index in [1.54, 1.807) is 6.08 Å². The maximum absolute atomic E-state index is 11.9. The molecule has 1 fully saturated rings. The Morgan fingerprint density at radius 2 is 1.86 bits per heavy atom. The quantitative estimate of drug-likeness (QED) is 0.617. The maximum atomic E-state index is 11.9. The molecule has 0 atom stereocenters. The first-order chi connectivity index (χ1) is 10.4. The molecule has 0 amide bonds. The first-order valence-electron chi connectivity index (χ1n) is 7.63. The van der Waals surface area contributed by atoms with Crippen molar-refractivity contribution in [2.45, 2.75) is 33.0 Å².